The topological polar surface area (TPSA) is 61.4 Å². The first-order valence-electron chi connectivity index (χ1n) is 7.17. The lowest BCUT2D eigenvalue weighted by atomic mass is 10.1. The van der Waals surface area contributed by atoms with Crippen LogP contribution in [0, 0.1) is 5.82 Å². The van der Waals surface area contributed by atoms with Crippen molar-refractivity contribution in [1.29, 1.82) is 0 Å². The molecule has 1 aliphatic carbocycles. The van der Waals surface area contributed by atoms with Gasteiger partial charge in [-0.15, -0.1) is 0 Å². The predicted molar refractivity (Wildman–Crippen MR) is 76.2 cm³/mol. The van der Waals surface area contributed by atoms with E-state index in [0.29, 0.717) is 18.3 Å². The molecule has 1 atom stereocenters. The van der Waals surface area contributed by atoms with Crippen LogP contribution in [0.2, 0.25) is 0 Å². The number of hydrogen-bond acceptors (Lipinski definition) is 4. The molecule has 2 amide bonds. The van der Waals surface area contributed by atoms with Crippen LogP contribution < -0.4 is 15.5 Å². The second kappa shape index (κ2) is 5.44. The molecule has 0 aromatic heterocycles. The smallest absolute Gasteiger partial charge is 0.249 e. The first-order valence-corrected chi connectivity index (χ1v) is 7.17. The van der Waals surface area contributed by atoms with E-state index in [4.69, 9.17) is 0 Å². The van der Waals surface area contributed by atoms with Crippen molar-refractivity contribution in [2.45, 2.75) is 38.4 Å². The zero-order valence-electron chi connectivity index (χ0n) is 11.9. The summed E-state index contributed by atoms with van der Waals surface area (Å²) < 4.78 is 14.3. The number of carbonyl (C=O) groups is 2. The van der Waals surface area contributed by atoms with Gasteiger partial charge in [0.15, 0.2) is 0 Å². The van der Waals surface area contributed by atoms with Crippen LogP contribution in [0.3, 0.4) is 0 Å². The predicted octanol–water partition coefficient (Wildman–Crippen LogP) is 0.929. The number of hydrogen-bond donors (Lipinski definition) is 2. The molecule has 3 rings (SSSR count). The number of nitrogens with one attached hydrogen (secondary N) is 2. The number of amides is 2. The zero-order chi connectivity index (χ0) is 15.0. The van der Waals surface area contributed by atoms with Gasteiger partial charge in [0.25, 0.3) is 0 Å². The molecule has 5 nitrogen and oxygen atoms in total. The first kappa shape index (κ1) is 14.0. The molecule has 0 bridgehead atoms. The van der Waals surface area contributed by atoms with E-state index in [9.17, 15) is 14.0 Å². The third-order valence-electron chi connectivity index (χ3n) is 3.94. The van der Waals surface area contributed by atoms with Crippen molar-refractivity contribution in [1.82, 2.24) is 10.6 Å². The lowest BCUT2D eigenvalue weighted by Gasteiger charge is -2.35. The maximum Gasteiger partial charge on any atom is 0.249 e. The fraction of sp³-hybridized carbons (Fsp3) is 0.467. The summed E-state index contributed by atoms with van der Waals surface area (Å²) in [7, 11) is 0. The van der Waals surface area contributed by atoms with Gasteiger partial charge in [-0.25, -0.2) is 4.39 Å². The van der Waals surface area contributed by atoms with Crippen LogP contribution in [0.15, 0.2) is 18.2 Å². The summed E-state index contributed by atoms with van der Waals surface area (Å²) in [4.78, 5) is 24.9. The van der Waals surface area contributed by atoms with Crippen molar-refractivity contribution >= 4 is 17.5 Å². The molecule has 2 fully saturated rings. The van der Waals surface area contributed by atoms with E-state index in [-0.39, 0.29) is 6.54 Å². The van der Waals surface area contributed by atoms with Crippen molar-refractivity contribution < 1.29 is 14.0 Å². The Labute approximate surface area is 122 Å². The molecule has 112 valence electrons. The minimum absolute atomic E-state index is 0.00965. The van der Waals surface area contributed by atoms with Crippen LogP contribution in [-0.4, -0.2) is 30.4 Å². The molecule has 1 saturated heterocycles. The third kappa shape index (κ3) is 2.90. The maximum atomic E-state index is 14.3. The number of benzene rings is 1. The lowest BCUT2D eigenvalue weighted by Crippen LogP contribution is -2.57. The van der Waals surface area contributed by atoms with E-state index in [0.717, 1.165) is 18.4 Å². The fourth-order valence-corrected chi connectivity index (χ4v) is 2.55. The van der Waals surface area contributed by atoms with Crippen LogP contribution in [0.5, 0.6) is 0 Å². The van der Waals surface area contributed by atoms with Gasteiger partial charge in [0, 0.05) is 12.6 Å². The van der Waals surface area contributed by atoms with Gasteiger partial charge < -0.3 is 10.2 Å². The summed E-state index contributed by atoms with van der Waals surface area (Å²) in [5, 5.41) is 5.61. The normalized spacial score (nSPS) is 22.4. The zero-order valence-corrected chi connectivity index (χ0v) is 11.9. The van der Waals surface area contributed by atoms with Gasteiger partial charge >= 0.3 is 0 Å². The molecule has 1 aromatic rings. The van der Waals surface area contributed by atoms with E-state index < -0.39 is 23.7 Å². The largest absolute Gasteiger partial charge is 0.348 e. The highest BCUT2D eigenvalue weighted by Gasteiger charge is 2.33. The van der Waals surface area contributed by atoms with Crippen LogP contribution in [0.1, 0.15) is 25.3 Å². The summed E-state index contributed by atoms with van der Waals surface area (Å²) in [6.45, 7) is 2.20. The molecule has 21 heavy (non-hydrogen) atoms. The van der Waals surface area contributed by atoms with Gasteiger partial charge in [0.2, 0.25) is 11.8 Å². The van der Waals surface area contributed by atoms with E-state index in [1.807, 2.05) is 6.07 Å². The van der Waals surface area contributed by atoms with Crippen molar-refractivity contribution in [3.8, 4) is 0 Å². The van der Waals surface area contributed by atoms with Crippen molar-refractivity contribution in [3.05, 3.63) is 29.6 Å². The average Bonchev–Trinajstić information content (AvgIpc) is 3.25. The van der Waals surface area contributed by atoms with Gasteiger partial charge in [0.1, 0.15) is 11.9 Å². The molecule has 6 heteroatoms. The van der Waals surface area contributed by atoms with E-state index >= 15 is 0 Å². The van der Waals surface area contributed by atoms with Crippen LogP contribution in [-0.2, 0) is 16.1 Å². The SMILES string of the molecule is CC1C(=O)NC(=O)CN1c1c(F)cccc1CNC1CC1. The molecule has 1 heterocycles. The molecule has 0 spiro atoms. The van der Waals surface area contributed by atoms with Crippen molar-refractivity contribution in [2.24, 2.45) is 0 Å². The Morgan fingerprint density at radius 3 is 2.86 bits per heavy atom. The molecule has 2 N–H and O–H groups in total. The maximum absolute atomic E-state index is 14.3. The molecular weight excluding hydrogens is 273 g/mol. The van der Waals surface area contributed by atoms with Gasteiger partial charge in [-0.2, -0.15) is 0 Å². The van der Waals surface area contributed by atoms with Crippen molar-refractivity contribution in [2.75, 3.05) is 11.4 Å². The quantitative estimate of drug-likeness (QED) is 0.810. The minimum Gasteiger partial charge on any atom is -0.348 e. The summed E-state index contributed by atoms with van der Waals surface area (Å²) in [6.07, 6.45) is 2.29. The number of piperazine rings is 1. The van der Waals surface area contributed by atoms with Gasteiger partial charge in [-0.05, 0) is 31.4 Å². The molecule has 1 unspecified atom stereocenters. The minimum atomic E-state index is -0.570. The number of carbonyl (C=O) groups excluding carboxylic acids is 2. The number of rotatable bonds is 4. The molecule has 1 saturated carbocycles. The number of nitrogens with zero attached hydrogens (tertiary/aromatic N) is 1. The van der Waals surface area contributed by atoms with E-state index in [1.54, 1.807) is 17.9 Å². The van der Waals surface area contributed by atoms with Crippen molar-refractivity contribution in [3.63, 3.8) is 0 Å². The summed E-state index contributed by atoms with van der Waals surface area (Å²) in [5.41, 5.74) is 1.12. The van der Waals surface area contributed by atoms with Gasteiger partial charge in [-0.3, -0.25) is 14.9 Å². The number of anilines is 1. The Kier molecular flexibility index (Phi) is 3.63. The Hall–Kier alpha value is -1.95. The lowest BCUT2D eigenvalue weighted by molar-refractivity contribution is -0.132. The highest BCUT2D eigenvalue weighted by Crippen LogP contribution is 2.28. The molecule has 0 radical (unpaired) electrons. The highest BCUT2D eigenvalue weighted by atomic mass is 19.1. The summed E-state index contributed by atoms with van der Waals surface area (Å²) >= 11 is 0. The Balaban J connectivity index is 1.91. The first-order chi connectivity index (χ1) is 10.1. The molecule has 1 aliphatic heterocycles. The van der Waals surface area contributed by atoms with Gasteiger partial charge in [-0.1, -0.05) is 12.1 Å². The number of halogens is 1. The Morgan fingerprint density at radius 1 is 1.38 bits per heavy atom. The molecule has 2 aliphatic rings. The molecule has 1 aromatic carbocycles. The second-order valence-corrected chi connectivity index (χ2v) is 5.62. The van der Waals surface area contributed by atoms with Gasteiger partial charge in [0.05, 0.1) is 12.2 Å². The standard InChI is InChI=1S/C15H18FN3O2/c1-9-15(21)18-13(20)8-19(9)14-10(3-2-4-12(14)16)7-17-11-5-6-11/h2-4,9,11,17H,5-8H2,1H3,(H,18,20,21). The summed E-state index contributed by atoms with van der Waals surface area (Å²) in [5.74, 6) is -1.20. The van der Waals surface area contributed by atoms with Crippen LogP contribution >= 0.6 is 0 Å². The highest BCUT2D eigenvalue weighted by molar-refractivity contribution is 6.04. The third-order valence-corrected chi connectivity index (χ3v) is 3.94. The van der Waals surface area contributed by atoms with E-state index in [1.165, 1.54) is 6.07 Å². The molecular formula is C15H18FN3O2. The van der Waals surface area contributed by atoms with Crippen LogP contribution in [0.4, 0.5) is 10.1 Å². The number of imide groups is 1. The van der Waals surface area contributed by atoms with E-state index in [2.05, 4.69) is 10.6 Å². The van der Waals surface area contributed by atoms with Crippen LogP contribution in [0.25, 0.3) is 0 Å². The number of para-hydroxylation sites is 1. The Bertz CT molecular complexity index is 586. The monoisotopic (exact) mass is 291 g/mol. The Morgan fingerprint density at radius 2 is 2.14 bits per heavy atom. The fourth-order valence-electron chi connectivity index (χ4n) is 2.55. The summed E-state index contributed by atoms with van der Waals surface area (Å²) in [6, 6.07) is 4.78. The average molecular weight is 291 g/mol. The second-order valence-electron chi connectivity index (χ2n) is 5.62.